The van der Waals surface area contributed by atoms with Gasteiger partial charge in [-0.1, -0.05) is 39.0 Å². The second-order valence-corrected chi connectivity index (χ2v) is 7.18. The molecule has 2 rings (SSSR count). The summed E-state index contributed by atoms with van der Waals surface area (Å²) in [5.41, 5.74) is 1.54. The summed E-state index contributed by atoms with van der Waals surface area (Å²) in [7, 11) is 1.84. The van der Waals surface area contributed by atoms with Gasteiger partial charge in [-0.15, -0.1) is 11.6 Å². The van der Waals surface area contributed by atoms with Crippen LogP contribution in [0, 0.1) is 5.41 Å². The van der Waals surface area contributed by atoms with E-state index in [-0.39, 0.29) is 16.7 Å². The Balaban J connectivity index is 2.06. The van der Waals surface area contributed by atoms with Crippen LogP contribution in [0.4, 0.5) is 0 Å². The molecule has 1 heterocycles. The lowest BCUT2D eigenvalue weighted by molar-refractivity contribution is 0.0948. The highest BCUT2D eigenvalue weighted by Gasteiger charge is 2.19. The maximum atomic E-state index is 12.3. The van der Waals surface area contributed by atoms with Gasteiger partial charge in [0.25, 0.3) is 5.91 Å². The van der Waals surface area contributed by atoms with E-state index in [2.05, 4.69) is 31.2 Å². The topological polar surface area (TPSA) is 46.9 Å². The molecule has 1 aromatic carbocycles. The number of nitrogens with zero attached hydrogens (tertiary/aromatic N) is 2. The SMILES string of the molecule is Cn1nc(C(=O)NCC(Cl)CC(C)(C)C)c2ccccc21. The molecule has 21 heavy (non-hydrogen) atoms. The highest BCUT2D eigenvalue weighted by molar-refractivity contribution is 6.21. The van der Waals surface area contributed by atoms with Gasteiger partial charge in [0.15, 0.2) is 5.69 Å². The molecule has 0 aliphatic rings. The molecule has 0 spiro atoms. The van der Waals surface area contributed by atoms with E-state index in [1.807, 2.05) is 31.3 Å². The Bertz CT molecular complexity index is 642. The van der Waals surface area contributed by atoms with Crippen LogP contribution in [-0.2, 0) is 7.05 Å². The molecule has 0 fully saturated rings. The first-order valence-corrected chi connectivity index (χ1v) is 7.55. The van der Waals surface area contributed by atoms with E-state index < -0.39 is 0 Å². The Morgan fingerprint density at radius 3 is 2.71 bits per heavy atom. The number of nitrogens with one attached hydrogen (secondary N) is 1. The van der Waals surface area contributed by atoms with E-state index in [4.69, 9.17) is 11.6 Å². The number of hydrogen-bond donors (Lipinski definition) is 1. The molecular weight excluding hydrogens is 286 g/mol. The fourth-order valence-corrected chi connectivity index (χ4v) is 2.95. The average molecular weight is 308 g/mol. The maximum Gasteiger partial charge on any atom is 0.272 e. The monoisotopic (exact) mass is 307 g/mol. The van der Waals surface area contributed by atoms with Gasteiger partial charge in [-0.3, -0.25) is 9.48 Å². The van der Waals surface area contributed by atoms with Gasteiger partial charge < -0.3 is 5.32 Å². The van der Waals surface area contributed by atoms with Gasteiger partial charge in [-0.2, -0.15) is 5.10 Å². The third kappa shape index (κ3) is 3.97. The molecule has 0 saturated carbocycles. The summed E-state index contributed by atoms with van der Waals surface area (Å²) in [5, 5.41) is 7.96. The third-order valence-corrected chi connectivity index (χ3v) is 3.60. The van der Waals surface area contributed by atoms with Gasteiger partial charge in [-0.25, -0.2) is 0 Å². The van der Waals surface area contributed by atoms with Crippen LogP contribution in [0.25, 0.3) is 10.9 Å². The highest BCUT2D eigenvalue weighted by Crippen LogP contribution is 2.23. The van der Waals surface area contributed by atoms with Crippen LogP contribution in [0.1, 0.15) is 37.7 Å². The minimum atomic E-state index is -0.175. The van der Waals surface area contributed by atoms with E-state index in [0.29, 0.717) is 12.2 Å². The van der Waals surface area contributed by atoms with Gasteiger partial charge in [0.1, 0.15) is 0 Å². The van der Waals surface area contributed by atoms with E-state index in [1.165, 1.54) is 0 Å². The fourth-order valence-electron chi connectivity index (χ4n) is 2.41. The molecule has 5 heteroatoms. The number of aromatic nitrogens is 2. The lowest BCUT2D eigenvalue weighted by Crippen LogP contribution is -2.32. The fraction of sp³-hybridized carbons (Fsp3) is 0.500. The van der Waals surface area contributed by atoms with Crippen molar-refractivity contribution in [2.45, 2.75) is 32.6 Å². The number of hydrogen-bond acceptors (Lipinski definition) is 2. The first kappa shape index (κ1) is 15.8. The number of carbonyl (C=O) groups is 1. The smallest absolute Gasteiger partial charge is 0.272 e. The van der Waals surface area contributed by atoms with E-state index in [1.54, 1.807) is 4.68 Å². The van der Waals surface area contributed by atoms with Gasteiger partial charge >= 0.3 is 0 Å². The number of para-hydroxylation sites is 1. The Kier molecular flexibility index (Phi) is 4.57. The summed E-state index contributed by atoms with van der Waals surface area (Å²) in [4.78, 5) is 12.3. The lowest BCUT2D eigenvalue weighted by atomic mass is 9.90. The summed E-state index contributed by atoms with van der Waals surface area (Å²) >= 11 is 6.28. The molecule has 0 aliphatic carbocycles. The van der Waals surface area contributed by atoms with E-state index in [9.17, 15) is 4.79 Å². The van der Waals surface area contributed by atoms with Gasteiger partial charge in [-0.05, 0) is 17.9 Å². The number of halogens is 1. The molecule has 1 unspecified atom stereocenters. The van der Waals surface area contributed by atoms with E-state index in [0.717, 1.165) is 17.3 Å². The molecule has 1 atom stereocenters. The molecule has 0 radical (unpaired) electrons. The molecule has 4 nitrogen and oxygen atoms in total. The van der Waals surface area contributed by atoms with Gasteiger partial charge in [0.05, 0.1) is 10.9 Å². The Labute approximate surface area is 130 Å². The van der Waals surface area contributed by atoms with Crippen molar-refractivity contribution < 1.29 is 4.79 Å². The van der Waals surface area contributed by atoms with Crippen molar-refractivity contribution in [1.29, 1.82) is 0 Å². The number of rotatable bonds is 4. The van der Waals surface area contributed by atoms with Crippen LogP contribution in [0.15, 0.2) is 24.3 Å². The van der Waals surface area contributed by atoms with E-state index >= 15 is 0 Å². The standard InChI is InChI=1S/C16H22ClN3O/c1-16(2,3)9-11(17)10-18-15(21)14-12-7-5-6-8-13(12)20(4)19-14/h5-8,11H,9-10H2,1-4H3,(H,18,21). The predicted molar refractivity (Wildman–Crippen MR) is 86.8 cm³/mol. The van der Waals surface area contributed by atoms with Crippen molar-refractivity contribution in [3.63, 3.8) is 0 Å². The molecular formula is C16H22ClN3O. The summed E-state index contributed by atoms with van der Waals surface area (Å²) in [6.45, 7) is 6.85. The average Bonchev–Trinajstić information content (AvgIpc) is 2.72. The van der Waals surface area contributed by atoms with Crippen LogP contribution in [0.5, 0.6) is 0 Å². The van der Waals surface area contributed by atoms with Crippen LogP contribution in [0.2, 0.25) is 0 Å². The molecule has 114 valence electrons. The highest BCUT2D eigenvalue weighted by atomic mass is 35.5. The lowest BCUT2D eigenvalue weighted by Gasteiger charge is -2.21. The number of carbonyl (C=O) groups excluding carboxylic acids is 1. The maximum absolute atomic E-state index is 12.3. The van der Waals surface area contributed by atoms with Crippen molar-refractivity contribution in [2.75, 3.05) is 6.54 Å². The van der Waals surface area contributed by atoms with Crippen molar-refractivity contribution in [2.24, 2.45) is 12.5 Å². The molecule has 1 aromatic heterocycles. The summed E-state index contributed by atoms with van der Waals surface area (Å²) in [6.07, 6.45) is 0.845. The second-order valence-electron chi connectivity index (χ2n) is 6.56. The van der Waals surface area contributed by atoms with Crippen molar-refractivity contribution in [1.82, 2.24) is 15.1 Å². The normalized spacial score (nSPS) is 13.4. The Morgan fingerprint density at radius 1 is 1.38 bits per heavy atom. The van der Waals surface area contributed by atoms with Crippen LogP contribution in [0.3, 0.4) is 0 Å². The predicted octanol–water partition coefficient (Wildman–Crippen LogP) is 3.35. The summed E-state index contributed by atoms with van der Waals surface area (Å²) in [5.74, 6) is -0.175. The molecule has 2 aromatic rings. The zero-order valence-corrected chi connectivity index (χ0v) is 13.7. The number of fused-ring (bicyclic) bond motifs is 1. The molecule has 1 amide bonds. The quantitative estimate of drug-likeness (QED) is 0.881. The van der Waals surface area contributed by atoms with Gasteiger partial charge in [0, 0.05) is 19.0 Å². The zero-order valence-electron chi connectivity index (χ0n) is 13.0. The molecule has 0 bridgehead atoms. The first-order valence-electron chi connectivity index (χ1n) is 7.12. The minimum absolute atomic E-state index is 0.0797. The zero-order chi connectivity index (χ0) is 15.6. The Hall–Kier alpha value is -1.55. The minimum Gasteiger partial charge on any atom is -0.349 e. The second kappa shape index (κ2) is 6.06. The van der Waals surface area contributed by atoms with Crippen LogP contribution < -0.4 is 5.32 Å². The number of alkyl halides is 1. The van der Waals surface area contributed by atoms with Gasteiger partial charge in [0.2, 0.25) is 0 Å². The molecule has 0 saturated heterocycles. The number of amides is 1. The van der Waals surface area contributed by atoms with Crippen LogP contribution >= 0.6 is 11.6 Å². The molecule has 1 N–H and O–H groups in total. The third-order valence-electron chi connectivity index (χ3n) is 3.29. The molecule has 0 aliphatic heterocycles. The van der Waals surface area contributed by atoms with Crippen LogP contribution in [-0.4, -0.2) is 27.6 Å². The number of benzene rings is 1. The van der Waals surface area contributed by atoms with Crippen molar-refractivity contribution in [3.05, 3.63) is 30.0 Å². The van der Waals surface area contributed by atoms with Crippen molar-refractivity contribution in [3.8, 4) is 0 Å². The summed E-state index contributed by atoms with van der Waals surface area (Å²) in [6, 6.07) is 7.70. The Morgan fingerprint density at radius 2 is 2.05 bits per heavy atom. The van der Waals surface area contributed by atoms with Crippen molar-refractivity contribution >= 4 is 28.4 Å². The number of aryl methyl sites for hydroxylation is 1. The largest absolute Gasteiger partial charge is 0.349 e. The summed E-state index contributed by atoms with van der Waals surface area (Å²) < 4.78 is 1.72. The first-order chi connectivity index (χ1) is 9.78.